The van der Waals surface area contributed by atoms with Crippen molar-refractivity contribution in [2.45, 2.75) is 13.0 Å². The van der Waals surface area contributed by atoms with Crippen molar-refractivity contribution in [3.63, 3.8) is 0 Å². The van der Waals surface area contributed by atoms with Gasteiger partial charge >= 0.3 is 6.03 Å². The Balaban J connectivity index is 1.99. The average molecular weight is 411 g/mol. The molecular formula is C18H14Cl3N3O2. The number of allylic oxidation sites excluding steroid dienone is 1. The van der Waals surface area contributed by atoms with Gasteiger partial charge in [-0.25, -0.2) is 4.79 Å². The summed E-state index contributed by atoms with van der Waals surface area (Å²) in [5.41, 5.74) is 1.90. The van der Waals surface area contributed by atoms with E-state index >= 15 is 0 Å². The summed E-state index contributed by atoms with van der Waals surface area (Å²) in [5, 5.41) is 9.26. The van der Waals surface area contributed by atoms with E-state index in [1.54, 1.807) is 49.4 Å². The minimum Gasteiger partial charge on any atom is -0.327 e. The summed E-state index contributed by atoms with van der Waals surface area (Å²) < 4.78 is 0. The first-order valence-electron chi connectivity index (χ1n) is 7.66. The number of rotatable bonds is 3. The van der Waals surface area contributed by atoms with Gasteiger partial charge in [0.25, 0.3) is 5.91 Å². The van der Waals surface area contributed by atoms with Crippen molar-refractivity contribution >= 4 is 52.4 Å². The SMILES string of the molecule is CC1=C(C(=O)Nc2ccccc2Cl)C(c2ccc(Cl)c(Cl)c2)NC(=O)N1. The summed E-state index contributed by atoms with van der Waals surface area (Å²) in [6.07, 6.45) is 0. The van der Waals surface area contributed by atoms with E-state index in [-0.39, 0.29) is 5.91 Å². The molecule has 0 radical (unpaired) electrons. The number of anilines is 1. The van der Waals surface area contributed by atoms with Gasteiger partial charge in [0.1, 0.15) is 0 Å². The Hall–Kier alpha value is -2.21. The molecule has 0 saturated heterocycles. The third kappa shape index (κ3) is 3.80. The van der Waals surface area contributed by atoms with Gasteiger partial charge in [0.15, 0.2) is 0 Å². The van der Waals surface area contributed by atoms with Crippen LogP contribution in [0.2, 0.25) is 15.1 Å². The zero-order valence-corrected chi connectivity index (χ0v) is 15.8. The van der Waals surface area contributed by atoms with Crippen LogP contribution in [0.25, 0.3) is 0 Å². The average Bonchev–Trinajstić information content (AvgIpc) is 2.58. The number of nitrogens with one attached hydrogen (secondary N) is 3. The minimum absolute atomic E-state index is 0.334. The van der Waals surface area contributed by atoms with Gasteiger partial charge in [-0.3, -0.25) is 4.79 Å². The minimum atomic E-state index is -0.680. The van der Waals surface area contributed by atoms with Crippen molar-refractivity contribution in [3.8, 4) is 0 Å². The monoisotopic (exact) mass is 409 g/mol. The molecular weight excluding hydrogens is 397 g/mol. The quantitative estimate of drug-likeness (QED) is 0.672. The second-order valence-corrected chi connectivity index (χ2v) is 6.90. The normalized spacial score (nSPS) is 16.8. The standard InChI is InChI=1S/C18H14Cl3N3O2/c1-9-15(17(25)23-14-5-3-2-4-12(14)20)16(24-18(26)22-9)10-6-7-11(19)13(21)8-10/h2-8,16H,1H3,(H,23,25)(H2,22,24,26). The lowest BCUT2D eigenvalue weighted by Gasteiger charge is -2.29. The fraction of sp³-hybridized carbons (Fsp3) is 0.111. The van der Waals surface area contributed by atoms with Crippen LogP contribution in [-0.4, -0.2) is 11.9 Å². The lowest BCUT2D eigenvalue weighted by atomic mass is 9.95. The van der Waals surface area contributed by atoms with E-state index in [9.17, 15) is 9.59 Å². The number of carbonyl (C=O) groups excluding carboxylic acids is 2. The van der Waals surface area contributed by atoms with E-state index in [4.69, 9.17) is 34.8 Å². The van der Waals surface area contributed by atoms with Gasteiger partial charge in [0, 0.05) is 5.70 Å². The van der Waals surface area contributed by atoms with E-state index in [0.717, 1.165) is 0 Å². The molecule has 3 amide bonds. The number of urea groups is 1. The molecule has 0 aromatic heterocycles. The Morgan fingerprint density at radius 1 is 1.04 bits per heavy atom. The fourth-order valence-corrected chi connectivity index (χ4v) is 3.18. The van der Waals surface area contributed by atoms with Gasteiger partial charge in [-0.05, 0) is 36.8 Å². The van der Waals surface area contributed by atoms with Crippen LogP contribution in [0.3, 0.4) is 0 Å². The molecule has 134 valence electrons. The molecule has 26 heavy (non-hydrogen) atoms. The van der Waals surface area contributed by atoms with E-state index in [0.29, 0.717) is 37.6 Å². The van der Waals surface area contributed by atoms with Gasteiger partial charge in [0.05, 0.1) is 32.4 Å². The Kier molecular flexibility index (Phi) is 5.41. The molecule has 0 bridgehead atoms. The first-order valence-corrected chi connectivity index (χ1v) is 8.79. The number of para-hydroxylation sites is 1. The van der Waals surface area contributed by atoms with Crippen LogP contribution in [0.4, 0.5) is 10.5 Å². The summed E-state index contributed by atoms with van der Waals surface area (Å²) in [5.74, 6) is -0.390. The number of carbonyl (C=O) groups is 2. The largest absolute Gasteiger partial charge is 0.327 e. The van der Waals surface area contributed by atoms with Gasteiger partial charge in [0.2, 0.25) is 0 Å². The smallest absolute Gasteiger partial charge is 0.319 e. The summed E-state index contributed by atoms with van der Waals surface area (Å²) in [6, 6.07) is 10.8. The molecule has 2 aromatic carbocycles. The second-order valence-electron chi connectivity index (χ2n) is 5.68. The first kappa shape index (κ1) is 18.6. The summed E-state index contributed by atoms with van der Waals surface area (Å²) >= 11 is 18.2. The molecule has 1 atom stereocenters. The number of benzene rings is 2. The summed E-state index contributed by atoms with van der Waals surface area (Å²) in [6.45, 7) is 1.66. The van der Waals surface area contributed by atoms with Crippen LogP contribution in [0.15, 0.2) is 53.7 Å². The van der Waals surface area contributed by atoms with Crippen LogP contribution in [0, 0.1) is 0 Å². The van der Waals surface area contributed by atoms with Crippen LogP contribution >= 0.6 is 34.8 Å². The molecule has 0 saturated carbocycles. The van der Waals surface area contributed by atoms with Gasteiger partial charge in [-0.15, -0.1) is 0 Å². The first-order chi connectivity index (χ1) is 12.4. The van der Waals surface area contributed by atoms with Gasteiger partial charge in [-0.2, -0.15) is 0 Å². The van der Waals surface area contributed by atoms with Crippen molar-refractivity contribution < 1.29 is 9.59 Å². The highest BCUT2D eigenvalue weighted by Gasteiger charge is 2.31. The third-order valence-electron chi connectivity index (χ3n) is 3.91. The molecule has 3 N–H and O–H groups in total. The molecule has 0 aliphatic carbocycles. The Morgan fingerprint density at radius 2 is 1.77 bits per heavy atom. The van der Waals surface area contributed by atoms with Crippen LogP contribution in [-0.2, 0) is 4.79 Å². The molecule has 1 heterocycles. The van der Waals surface area contributed by atoms with Crippen molar-refractivity contribution in [3.05, 3.63) is 74.4 Å². The van der Waals surface area contributed by atoms with Crippen LogP contribution in [0.1, 0.15) is 18.5 Å². The predicted octanol–water partition coefficient (Wildman–Crippen LogP) is 4.91. The van der Waals surface area contributed by atoms with Gasteiger partial charge < -0.3 is 16.0 Å². The van der Waals surface area contributed by atoms with Crippen molar-refractivity contribution in [1.29, 1.82) is 0 Å². The Morgan fingerprint density at radius 3 is 2.46 bits per heavy atom. The number of hydrogen-bond donors (Lipinski definition) is 3. The summed E-state index contributed by atoms with van der Waals surface area (Å²) in [4.78, 5) is 24.8. The van der Waals surface area contributed by atoms with E-state index in [1.165, 1.54) is 0 Å². The van der Waals surface area contributed by atoms with Crippen molar-refractivity contribution in [2.75, 3.05) is 5.32 Å². The number of hydrogen-bond acceptors (Lipinski definition) is 2. The number of halogens is 3. The summed E-state index contributed by atoms with van der Waals surface area (Å²) in [7, 11) is 0. The molecule has 5 nitrogen and oxygen atoms in total. The molecule has 1 aliphatic heterocycles. The highest BCUT2D eigenvalue weighted by molar-refractivity contribution is 6.42. The Labute approximate surface area is 165 Å². The molecule has 0 fully saturated rings. The van der Waals surface area contributed by atoms with E-state index in [2.05, 4.69) is 16.0 Å². The Bertz CT molecular complexity index is 928. The molecule has 1 aliphatic rings. The van der Waals surface area contributed by atoms with Crippen LogP contribution < -0.4 is 16.0 Å². The molecule has 2 aromatic rings. The lowest BCUT2D eigenvalue weighted by molar-refractivity contribution is -0.113. The molecule has 1 unspecified atom stereocenters. The topological polar surface area (TPSA) is 70.2 Å². The maximum absolute atomic E-state index is 12.9. The maximum Gasteiger partial charge on any atom is 0.319 e. The van der Waals surface area contributed by atoms with E-state index in [1.807, 2.05) is 0 Å². The van der Waals surface area contributed by atoms with E-state index < -0.39 is 12.1 Å². The fourth-order valence-electron chi connectivity index (χ4n) is 2.69. The third-order valence-corrected chi connectivity index (χ3v) is 4.98. The zero-order chi connectivity index (χ0) is 18.8. The number of amides is 3. The molecule has 8 heteroatoms. The predicted molar refractivity (Wildman–Crippen MR) is 104 cm³/mol. The molecule has 0 spiro atoms. The second kappa shape index (κ2) is 7.58. The van der Waals surface area contributed by atoms with Crippen molar-refractivity contribution in [1.82, 2.24) is 10.6 Å². The highest BCUT2D eigenvalue weighted by atomic mass is 35.5. The lowest BCUT2D eigenvalue weighted by Crippen LogP contribution is -2.46. The molecule has 3 rings (SSSR count). The maximum atomic E-state index is 12.9. The van der Waals surface area contributed by atoms with Crippen LogP contribution in [0.5, 0.6) is 0 Å². The highest BCUT2D eigenvalue weighted by Crippen LogP contribution is 2.32. The van der Waals surface area contributed by atoms with Gasteiger partial charge in [-0.1, -0.05) is 53.0 Å². The zero-order valence-electron chi connectivity index (χ0n) is 13.6. The van der Waals surface area contributed by atoms with Crippen molar-refractivity contribution in [2.24, 2.45) is 0 Å².